The summed E-state index contributed by atoms with van der Waals surface area (Å²) in [6.45, 7) is 2.54. The molecular weight excluding hydrogens is 519 g/mol. The molecule has 0 saturated heterocycles. The minimum Gasteiger partial charge on any atom is -0.497 e. The van der Waals surface area contributed by atoms with E-state index in [9.17, 15) is 32.3 Å². The molecule has 1 atom stereocenters. The van der Waals surface area contributed by atoms with Gasteiger partial charge < -0.3 is 20.4 Å². The number of halogens is 3. The number of carbonyl (C=O) groups excluding carboxylic acids is 3. The number of ketones is 1. The molecule has 3 N–H and O–H groups in total. The maximum atomic E-state index is 14.0. The molecule has 0 unspecified atom stereocenters. The quantitative estimate of drug-likeness (QED) is 0.306. The molecule has 2 aromatic carbocycles. The summed E-state index contributed by atoms with van der Waals surface area (Å²) in [6.07, 6.45) is -2.87. The Hall–Kier alpha value is -4.94. The summed E-state index contributed by atoms with van der Waals surface area (Å²) in [5.74, 6) is -1.92. The van der Waals surface area contributed by atoms with Gasteiger partial charge in [-0.05, 0) is 56.3 Å². The minimum absolute atomic E-state index is 0.0483. The van der Waals surface area contributed by atoms with Crippen molar-refractivity contribution < 1.29 is 32.3 Å². The predicted molar refractivity (Wildman–Crippen MR) is 135 cm³/mol. The first-order valence-electron chi connectivity index (χ1n) is 11.5. The molecule has 4 rings (SSSR count). The van der Waals surface area contributed by atoms with Crippen molar-refractivity contribution in [2.45, 2.75) is 26.1 Å². The van der Waals surface area contributed by atoms with Crippen LogP contribution in [-0.2, 0) is 11.0 Å². The normalized spacial score (nSPS) is 12.2. The van der Waals surface area contributed by atoms with E-state index in [2.05, 4.69) is 20.7 Å². The van der Waals surface area contributed by atoms with Gasteiger partial charge in [0.15, 0.2) is 16.9 Å². The van der Waals surface area contributed by atoms with E-state index in [1.807, 2.05) is 0 Å². The number of hydrogen-bond donors (Lipinski definition) is 3. The second kappa shape index (κ2) is 10.4. The van der Waals surface area contributed by atoms with Crippen LogP contribution >= 0.6 is 0 Å². The summed E-state index contributed by atoms with van der Waals surface area (Å²) >= 11 is 0. The van der Waals surface area contributed by atoms with E-state index in [1.54, 1.807) is 0 Å². The highest BCUT2D eigenvalue weighted by Crippen LogP contribution is 2.34. The molecule has 0 aliphatic heterocycles. The van der Waals surface area contributed by atoms with Crippen LogP contribution in [-0.4, -0.2) is 45.5 Å². The van der Waals surface area contributed by atoms with E-state index in [4.69, 9.17) is 4.74 Å². The van der Waals surface area contributed by atoms with Gasteiger partial charge in [0.25, 0.3) is 5.91 Å². The molecule has 0 radical (unpaired) electrons. The van der Waals surface area contributed by atoms with E-state index in [0.29, 0.717) is 15.9 Å². The number of ether oxygens (including phenoxy) is 1. The third-order valence-corrected chi connectivity index (χ3v) is 5.87. The van der Waals surface area contributed by atoms with Crippen LogP contribution in [0.3, 0.4) is 0 Å². The number of nitrogens with zero attached hydrogens (tertiary/aromatic N) is 2. The molecule has 0 aliphatic rings. The zero-order valence-corrected chi connectivity index (χ0v) is 20.8. The Morgan fingerprint density at radius 2 is 1.77 bits per heavy atom. The maximum Gasteiger partial charge on any atom is 0.434 e. The smallest absolute Gasteiger partial charge is 0.434 e. The van der Waals surface area contributed by atoms with Crippen LogP contribution in [0.1, 0.15) is 40.3 Å². The van der Waals surface area contributed by atoms with Gasteiger partial charge in [-0.25, -0.2) is 4.68 Å². The van der Waals surface area contributed by atoms with E-state index in [-0.39, 0.29) is 22.3 Å². The van der Waals surface area contributed by atoms with Gasteiger partial charge in [0.2, 0.25) is 5.91 Å². The number of nitrogens with one attached hydrogen (secondary N) is 3. The van der Waals surface area contributed by atoms with Gasteiger partial charge in [-0.2, -0.15) is 18.3 Å². The third-order valence-electron chi connectivity index (χ3n) is 5.87. The van der Waals surface area contributed by atoms with Crippen molar-refractivity contribution in [3.05, 3.63) is 81.9 Å². The third kappa shape index (κ3) is 5.51. The lowest BCUT2D eigenvalue weighted by atomic mass is 10.1. The van der Waals surface area contributed by atoms with Crippen molar-refractivity contribution in [2.24, 2.45) is 0 Å². The van der Waals surface area contributed by atoms with Gasteiger partial charge in [-0.3, -0.25) is 19.2 Å². The first kappa shape index (κ1) is 27.1. The molecule has 2 amide bonds. The van der Waals surface area contributed by atoms with Crippen LogP contribution in [0.5, 0.6) is 5.75 Å². The molecule has 13 heteroatoms. The standard InChI is InChI=1S/C26H22F3N5O5/c1-13(24(37)33-15-4-9-21-18(10-15)22(36)19(11-30-21)14(2)35)32-25(38)20-12-31-34(23(20)26(27,28)29)16-5-7-17(39-3)8-6-16/h4-13H,1-3H3,(H,30,36)(H,32,38)(H,33,37)/t13-/m0/s1. The molecule has 39 heavy (non-hydrogen) atoms. The van der Waals surface area contributed by atoms with Gasteiger partial charge in [0.05, 0.1) is 30.1 Å². The van der Waals surface area contributed by atoms with E-state index in [1.165, 1.54) is 69.6 Å². The fraction of sp³-hybridized carbons (Fsp3) is 0.192. The van der Waals surface area contributed by atoms with Crippen LogP contribution in [0.25, 0.3) is 16.6 Å². The molecule has 0 saturated carbocycles. The number of fused-ring (bicyclic) bond motifs is 1. The highest BCUT2D eigenvalue weighted by molar-refractivity contribution is 6.02. The molecule has 0 bridgehead atoms. The summed E-state index contributed by atoms with van der Waals surface area (Å²) in [5.41, 5.74) is -2.00. The lowest BCUT2D eigenvalue weighted by molar-refractivity contribution is -0.143. The molecule has 202 valence electrons. The lowest BCUT2D eigenvalue weighted by Gasteiger charge is -2.16. The molecule has 0 spiro atoms. The Labute approximate surface area is 218 Å². The zero-order valence-electron chi connectivity index (χ0n) is 20.8. The number of aromatic amines is 1. The molecule has 4 aromatic rings. The first-order chi connectivity index (χ1) is 18.4. The molecule has 10 nitrogen and oxygen atoms in total. The average Bonchev–Trinajstić information content (AvgIpc) is 3.35. The number of H-pyrrole nitrogens is 1. The molecule has 2 aromatic heterocycles. The van der Waals surface area contributed by atoms with Crippen molar-refractivity contribution in [3.63, 3.8) is 0 Å². The van der Waals surface area contributed by atoms with Gasteiger partial charge in [-0.1, -0.05) is 0 Å². The Kier molecular flexibility index (Phi) is 7.25. The van der Waals surface area contributed by atoms with E-state index < -0.39 is 46.5 Å². The summed E-state index contributed by atoms with van der Waals surface area (Å²) in [6, 6.07) is 8.70. The van der Waals surface area contributed by atoms with Gasteiger partial charge in [-0.15, -0.1) is 0 Å². The number of anilines is 1. The predicted octanol–water partition coefficient (Wildman–Crippen LogP) is 3.70. The van der Waals surface area contributed by atoms with Crippen molar-refractivity contribution in [1.29, 1.82) is 0 Å². The van der Waals surface area contributed by atoms with E-state index >= 15 is 0 Å². The first-order valence-corrected chi connectivity index (χ1v) is 11.5. The second-order valence-corrected chi connectivity index (χ2v) is 8.55. The summed E-state index contributed by atoms with van der Waals surface area (Å²) in [5, 5.41) is 8.65. The number of pyridine rings is 1. The van der Waals surface area contributed by atoms with Crippen molar-refractivity contribution in [1.82, 2.24) is 20.1 Å². The van der Waals surface area contributed by atoms with Crippen LogP contribution in [0.4, 0.5) is 18.9 Å². The maximum absolute atomic E-state index is 14.0. The number of hydrogen-bond acceptors (Lipinski definition) is 6. The highest BCUT2D eigenvalue weighted by Gasteiger charge is 2.41. The number of Topliss-reactive ketones (excluding diaryl/α,β-unsaturated/α-hetero) is 1. The highest BCUT2D eigenvalue weighted by atomic mass is 19.4. The topological polar surface area (TPSA) is 135 Å². The van der Waals surface area contributed by atoms with Gasteiger partial charge in [0.1, 0.15) is 11.8 Å². The molecular formula is C26H22F3N5O5. The summed E-state index contributed by atoms with van der Waals surface area (Å²) < 4.78 is 47.5. The minimum atomic E-state index is -4.94. The SMILES string of the molecule is COc1ccc(-n2ncc(C(=O)N[C@@H](C)C(=O)Nc3ccc4[nH]cc(C(C)=O)c(=O)c4c3)c2C(F)(F)F)cc1. The van der Waals surface area contributed by atoms with Gasteiger partial charge in [0, 0.05) is 22.8 Å². The average molecular weight is 541 g/mol. The molecule has 0 fully saturated rings. The second-order valence-electron chi connectivity index (χ2n) is 8.55. The number of alkyl halides is 3. The Bertz CT molecular complexity index is 1640. The number of aromatic nitrogens is 3. The molecule has 2 heterocycles. The summed E-state index contributed by atoms with van der Waals surface area (Å²) in [4.78, 5) is 52.6. The van der Waals surface area contributed by atoms with Crippen molar-refractivity contribution >= 4 is 34.2 Å². The Morgan fingerprint density at radius 3 is 2.38 bits per heavy atom. The number of amides is 2. The van der Waals surface area contributed by atoms with E-state index in [0.717, 1.165) is 6.20 Å². The number of benzene rings is 2. The number of carbonyl (C=O) groups is 3. The fourth-order valence-corrected chi connectivity index (χ4v) is 3.85. The van der Waals surface area contributed by atoms with Crippen LogP contribution in [0, 0.1) is 0 Å². The van der Waals surface area contributed by atoms with Crippen LogP contribution in [0.2, 0.25) is 0 Å². The largest absolute Gasteiger partial charge is 0.497 e. The van der Waals surface area contributed by atoms with Crippen LogP contribution in [0.15, 0.2) is 59.7 Å². The van der Waals surface area contributed by atoms with Crippen molar-refractivity contribution in [3.8, 4) is 11.4 Å². The van der Waals surface area contributed by atoms with Gasteiger partial charge >= 0.3 is 6.18 Å². The van der Waals surface area contributed by atoms with Crippen molar-refractivity contribution in [2.75, 3.05) is 12.4 Å². The number of methoxy groups -OCH3 is 1. The number of rotatable bonds is 7. The lowest BCUT2D eigenvalue weighted by Crippen LogP contribution is -2.42. The Morgan fingerprint density at radius 1 is 1.08 bits per heavy atom. The fourth-order valence-electron chi connectivity index (χ4n) is 3.85. The Balaban J connectivity index is 1.55. The monoisotopic (exact) mass is 541 g/mol. The zero-order chi connectivity index (χ0) is 28.5. The molecule has 0 aliphatic carbocycles. The summed E-state index contributed by atoms with van der Waals surface area (Å²) in [7, 11) is 1.41. The van der Waals surface area contributed by atoms with Crippen LogP contribution < -0.4 is 20.8 Å².